The van der Waals surface area contributed by atoms with Crippen molar-refractivity contribution < 1.29 is 9.47 Å². The molecule has 0 N–H and O–H groups in total. The molecule has 0 aliphatic carbocycles. The van der Waals surface area contributed by atoms with Gasteiger partial charge in [-0.05, 0) is 74.5 Å². The van der Waals surface area contributed by atoms with E-state index in [1.54, 1.807) is 12.4 Å². The van der Waals surface area contributed by atoms with Crippen molar-refractivity contribution >= 4 is 23.8 Å². The molecular formula is C22H20N2O2. The Balaban J connectivity index is 1.69. The SMILES string of the molecule is CC=Nc1ccc(Oc2cccc(Oc3ccc(N=CC)cc3)c2)cc1. The smallest absolute Gasteiger partial charge is 0.131 e. The van der Waals surface area contributed by atoms with E-state index in [2.05, 4.69) is 9.98 Å². The fourth-order valence-corrected chi connectivity index (χ4v) is 2.37. The zero-order valence-corrected chi connectivity index (χ0v) is 14.8. The summed E-state index contributed by atoms with van der Waals surface area (Å²) in [6.45, 7) is 3.78. The minimum Gasteiger partial charge on any atom is -0.457 e. The summed E-state index contributed by atoms with van der Waals surface area (Å²) in [5.74, 6) is 2.92. The lowest BCUT2D eigenvalue weighted by Crippen LogP contribution is -1.87. The standard InChI is InChI=1S/C22H20N2O2/c1-3-23-17-8-12-19(13-9-17)25-21-6-5-7-22(16-21)26-20-14-10-18(11-15-20)24-4-2/h3-16H,1-2H3. The maximum atomic E-state index is 5.89. The molecule has 0 saturated heterocycles. The Morgan fingerprint density at radius 2 is 1.00 bits per heavy atom. The topological polar surface area (TPSA) is 43.2 Å². The third-order valence-corrected chi connectivity index (χ3v) is 3.51. The van der Waals surface area contributed by atoms with Gasteiger partial charge in [0, 0.05) is 18.5 Å². The van der Waals surface area contributed by atoms with Gasteiger partial charge in [-0.25, -0.2) is 0 Å². The zero-order chi connectivity index (χ0) is 18.2. The van der Waals surface area contributed by atoms with E-state index in [-0.39, 0.29) is 0 Å². The second kappa shape index (κ2) is 8.62. The fourth-order valence-electron chi connectivity index (χ4n) is 2.37. The van der Waals surface area contributed by atoms with E-state index in [1.807, 2.05) is 86.6 Å². The normalized spacial score (nSPS) is 11.2. The van der Waals surface area contributed by atoms with E-state index in [4.69, 9.17) is 9.47 Å². The number of benzene rings is 3. The van der Waals surface area contributed by atoms with Crippen LogP contribution >= 0.6 is 0 Å². The quantitative estimate of drug-likeness (QED) is 0.466. The van der Waals surface area contributed by atoms with E-state index in [0.717, 1.165) is 22.9 Å². The Bertz CT molecular complexity index is 825. The number of nitrogens with zero attached hydrogens (tertiary/aromatic N) is 2. The third kappa shape index (κ3) is 4.80. The van der Waals surface area contributed by atoms with Crippen molar-refractivity contribution in [2.45, 2.75) is 13.8 Å². The van der Waals surface area contributed by atoms with Gasteiger partial charge in [-0.15, -0.1) is 0 Å². The molecule has 0 amide bonds. The van der Waals surface area contributed by atoms with Crippen molar-refractivity contribution in [3.05, 3.63) is 72.8 Å². The summed E-state index contributed by atoms with van der Waals surface area (Å²) in [6.07, 6.45) is 3.52. The molecule has 0 radical (unpaired) electrons. The van der Waals surface area contributed by atoms with Crippen LogP contribution in [0.15, 0.2) is 82.8 Å². The third-order valence-electron chi connectivity index (χ3n) is 3.51. The highest BCUT2D eigenvalue weighted by Gasteiger charge is 2.02. The second-order valence-electron chi connectivity index (χ2n) is 5.44. The van der Waals surface area contributed by atoms with Gasteiger partial charge in [0.25, 0.3) is 0 Å². The molecule has 0 saturated carbocycles. The first kappa shape index (κ1) is 17.4. The van der Waals surface area contributed by atoms with Crippen LogP contribution < -0.4 is 9.47 Å². The maximum absolute atomic E-state index is 5.89. The van der Waals surface area contributed by atoms with Crippen molar-refractivity contribution in [1.82, 2.24) is 0 Å². The van der Waals surface area contributed by atoms with E-state index < -0.39 is 0 Å². The number of rotatable bonds is 6. The Labute approximate surface area is 153 Å². The van der Waals surface area contributed by atoms with Gasteiger partial charge in [0.15, 0.2) is 0 Å². The average Bonchev–Trinajstić information content (AvgIpc) is 2.66. The van der Waals surface area contributed by atoms with E-state index >= 15 is 0 Å². The number of hydrogen-bond acceptors (Lipinski definition) is 4. The van der Waals surface area contributed by atoms with E-state index in [0.29, 0.717) is 11.5 Å². The van der Waals surface area contributed by atoms with Crippen LogP contribution in [0.5, 0.6) is 23.0 Å². The molecule has 0 heterocycles. The highest BCUT2D eigenvalue weighted by molar-refractivity contribution is 5.61. The molecule has 130 valence electrons. The van der Waals surface area contributed by atoms with Crippen LogP contribution in [0.1, 0.15) is 13.8 Å². The Morgan fingerprint density at radius 3 is 1.38 bits per heavy atom. The Kier molecular flexibility index (Phi) is 5.78. The minimum atomic E-state index is 0.710. The summed E-state index contributed by atoms with van der Waals surface area (Å²) in [5.41, 5.74) is 1.79. The largest absolute Gasteiger partial charge is 0.457 e. The maximum Gasteiger partial charge on any atom is 0.131 e. The molecule has 3 rings (SSSR count). The predicted octanol–water partition coefficient (Wildman–Crippen LogP) is 6.72. The molecule has 0 spiro atoms. The van der Waals surface area contributed by atoms with Crippen LogP contribution in [0, 0.1) is 0 Å². The molecule has 4 heteroatoms. The van der Waals surface area contributed by atoms with Crippen molar-refractivity contribution in [3.63, 3.8) is 0 Å². The molecule has 4 nitrogen and oxygen atoms in total. The van der Waals surface area contributed by atoms with Gasteiger partial charge < -0.3 is 9.47 Å². The molecule has 3 aromatic carbocycles. The molecule has 0 aliphatic rings. The highest BCUT2D eigenvalue weighted by atomic mass is 16.5. The Hall–Kier alpha value is -3.40. The molecule has 3 aromatic rings. The first-order valence-electron chi connectivity index (χ1n) is 8.40. The molecule has 0 aromatic heterocycles. The molecule has 0 fully saturated rings. The molecular weight excluding hydrogens is 324 g/mol. The predicted molar refractivity (Wildman–Crippen MR) is 107 cm³/mol. The number of ether oxygens (including phenoxy) is 2. The zero-order valence-electron chi connectivity index (χ0n) is 14.8. The summed E-state index contributed by atoms with van der Waals surface area (Å²) in [4.78, 5) is 8.45. The lowest BCUT2D eigenvalue weighted by molar-refractivity contribution is 0.460. The van der Waals surface area contributed by atoms with Gasteiger partial charge in [-0.1, -0.05) is 6.07 Å². The molecule has 26 heavy (non-hydrogen) atoms. The molecule has 0 bridgehead atoms. The summed E-state index contributed by atoms with van der Waals surface area (Å²) in [5, 5.41) is 0. The number of aliphatic imine (C=N–C) groups is 2. The van der Waals surface area contributed by atoms with Crippen LogP contribution in [0.25, 0.3) is 0 Å². The van der Waals surface area contributed by atoms with Gasteiger partial charge in [0.05, 0.1) is 11.4 Å². The monoisotopic (exact) mass is 344 g/mol. The first-order valence-corrected chi connectivity index (χ1v) is 8.40. The van der Waals surface area contributed by atoms with E-state index in [9.17, 15) is 0 Å². The summed E-state index contributed by atoms with van der Waals surface area (Å²) in [7, 11) is 0. The van der Waals surface area contributed by atoms with Crippen molar-refractivity contribution in [2.75, 3.05) is 0 Å². The fraction of sp³-hybridized carbons (Fsp3) is 0.0909. The van der Waals surface area contributed by atoms with Gasteiger partial charge in [-0.3, -0.25) is 9.98 Å². The van der Waals surface area contributed by atoms with Crippen molar-refractivity contribution in [2.24, 2.45) is 9.98 Å². The number of hydrogen-bond donors (Lipinski definition) is 0. The summed E-state index contributed by atoms with van der Waals surface area (Å²) < 4.78 is 11.8. The van der Waals surface area contributed by atoms with E-state index in [1.165, 1.54) is 0 Å². The first-order chi connectivity index (χ1) is 12.8. The van der Waals surface area contributed by atoms with Gasteiger partial charge in [0.1, 0.15) is 23.0 Å². The van der Waals surface area contributed by atoms with Crippen LogP contribution in [0.4, 0.5) is 11.4 Å². The average molecular weight is 344 g/mol. The molecule has 0 aliphatic heterocycles. The minimum absolute atomic E-state index is 0.710. The van der Waals surface area contributed by atoms with Crippen LogP contribution in [-0.4, -0.2) is 12.4 Å². The Morgan fingerprint density at radius 1 is 0.577 bits per heavy atom. The highest BCUT2D eigenvalue weighted by Crippen LogP contribution is 2.29. The lowest BCUT2D eigenvalue weighted by Gasteiger charge is -2.09. The van der Waals surface area contributed by atoms with Gasteiger partial charge >= 0.3 is 0 Å². The van der Waals surface area contributed by atoms with Crippen molar-refractivity contribution in [3.8, 4) is 23.0 Å². The van der Waals surface area contributed by atoms with Crippen molar-refractivity contribution in [1.29, 1.82) is 0 Å². The summed E-state index contributed by atoms with van der Waals surface area (Å²) in [6, 6.07) is 22.8. The van der Waals surface area contributed by atoms with Crippen LogP contribution in [0.3, 0.4) is 0 Å². The summed E-state index contributed by atoms with van der Waals surface area (Å²) >= 11 is 0. The van der Waals surface area contributed by atoms with Gasteiger partial charge in [-0.2, -0.15) is 0 Å². The lowest BCUT2D eigenvalue weighted by atomic mass is 10.3. The van der Waals surface area contributed by atoms with Gasteiger partial charge in [0.2, 0.25) is 0 Å². The van der Waals surface area contributed by atoms with Crippen LogP contribution in [-0.2, 0) is 0 Å². The molecule has 0 unspecified atom stereocenters. The second-order valence-corrected chi connectivity index (χ2v) is 5.44. The molecule has 0 atom stereocenters. The van der Waals surface area contributed by atoms with Crippen LogP contribution in [0.2, 0.25) is 0 Å².